The Morgan fingerprint density at radius 2 is 1.86 bits per heavy atom. The standard InChI is InChI=1S/C21H31N3O4.ClH/c1-27-18-8-7-16(23-20(26)21(14-22)9-11-28-12-10-21)13-17(18)24-19(25)15-5-3-2-4-6-15;/h7-8,13,15H,2-6,9-12,14,22H2,1H3,(H,23,26)(H,24,25);1H. The number of carbonyl (C=O) groups excluding carboxylic acids is 2. The third-order valence-electron chi connectivity index (χ3n) is 6.01. The molecule has 3 rings (SSSR count). The van der Waals surface area contributed by atoms with Crippen LogP contribution in [0.4, 0.5) is 11.4 Å². The Labute approximate surface area is 178 Å². The third-order valence-corrected chi connectivity index (χ3v) is 6.01. The van der Waals surface area contributed by atoms with Gasteiger partial charge in [-0.2, -0.15) is 0 Å². The second-order valence-corrected chi connectivity index (χ2v) is 7.79. The van der Waals surface area contributed by atoms with Crippen LogP contribution in [-0.4, -0.2) is 38.7 Å². The molecule has 29 heavy (non-hydrogen) atoms. The summed E-state index contributed by atoms with van der Waals surface area (Å²) in [7, 11) is 1.56. The van der Waals surface area contributed by atoms with E-state index < -0.39 is 5.41 Å². The number of nitrogens with one attached hydrogen (secondary N) is 2. The van der Waals surface area contributed by atoms with Crippen LogP contribution in [0, 0.1) is 11.3 Å². The van der Waals surface area contributed by atoms with Crippen molar-refractivity contribution in [2.45, 2.75) is 44.9 Å². The summed E-state index contributed by atoms with van der Waals surface area (Å²) < 4.78 is 10.8. The molecule has 8 heteroatoms. The highest BCUT2D eigenvalue weighted by Gasteiger charge is 2.38. The van der Waals surface area contributed by atoms with Gasteiger partial charge in [0.25, 0.3) is 0 Å². The summed E-state index contributed by atoms with van der Waals surface area (Å²) in [5, 5.41) is 5.95. The van der Waals surface area contributed by atoms with E-state index in [4.69, 9.17) is 15.2 Å². The van der Waals surface area contributed by atoms with E-state index in [2.05, 4.69) is 10.6 Å². The lowest BCUT2D eigenvalue weighted by Gasteiger charge is -2.34. The lowest BCUT2D eigenvalue weighted by molar-refractivity contribution is -0.130. The summed E-state index contributed by atoms with van der Waals surface area (Å²) in [5.41, 5.74) is 6.50. The lowest BCUT2D eigenvalue weighted by atomic mass is 9.79. The molecule has 1 aliphatic carbocycles. The van der Waals surface area contributed by atoms with Gasteiger partial charge in [0.2, 0.25) is 11.8 Å². The van der Waals surface area contributed by atoms with Crippen molar-refractivity contribution in [2.24, 2.45) is 17.1 Å². The fourth-order valence-corrected chi connectivity index (χ4v) is 4.03. The van der Waals surface area contributed by atoms with Crippen molar-refractivity contribution in [3.8, 4) is 5.75 Å². The molecule has 1 saturated carbocycles. The normalized spacial score (nSPS) is 19.0. The second-order valence-electron chi connectivity index (χ2n) is 7.79. The molecule has 1 saturated heterocycles. The zero-order valence-electron chi connectivity index (χ0n) is 17.0. The van der Waals surface area contributed by atoms with Gasteiger partial charge in [0.1, 0.15) is 5.75 Å². The van der Waals surface area contributed by atoms with Gasteiger partial charge in [-0.25, -0.2) is 0 Å². The highest BCUT2D eigenvalue weighted by Crippen LogP contribution is 2.34. The molecule has 2 amide bonds. The van der Waals surface area contributed by atoms with Crippen LogP contribution in [0.1, 0.15) is 44.9 Å². The van der Waals surface area contributed by atoms with E-state index >= 15 is 0 Å². The second kappa shape index (κ2) is 10.8. The zero-order chi connectivity index (χ0) is 20.0. The number of halogens is 1. The number of anilines is 2. The Hall–Kier alpha value is -1.83. The summed E-state index contributed by atoms with van der Waals surface area (Å²) in [4.78, 5) is 25.5. The summed E-state index contributed by atoms with van der Waals surface area (Å²) in [6.45, 7) is 1.36. The smallest absolute Gasteiger partial charge is 0.232 e. The van der Waals surface area contributed by atoms with Crippen molar-refractivity contribution in [2.75, 3.05) is 37.5 Å². The first-order valence-electron chi connectivity index (χ1n) is 10.2. The lowest BCUT2D eigenvalue weighted by Crippen LogP contribution is -2.46. The van der Waals surface area contributed by atoms with Crippen LogP contribution in [0.5, 0.6) is 5.75 Å². The van der Waals surface area contributed by atoms with E-state index in [1.165, 1.54) is 6.42 Å². The largest absolute Gasteiger partial charge is 0.495 e. The van der Waals surface area contributed by atoms with Crippen LogP contribution >= 0.6 is 12.4 Å². The van der Waals surface area contributed by atoms with Crippen LogP contribution in [0.3, 0.4) is 0 Å². The number of nitrogens with two attached hydrogens (primary N) is 1. The summed E-state index contributed by atoms with van der Waals surface area (Å²) in [5.74, 6) is 0.526. The predicted molar refractivity (Wildman–Crippen MR) is 116 cm³/mol. The highest BCUT2D eigenvalue weighted by atomic mass is 35.5. The van der Waals surface area contributed by atoms with Crippen molar-refractivity contribution < 1.29 is 19.1 Å². The topological polar surface area (TPSA) is 103 Å². The first kappa shape index (κ1) is 23.4. The molecule has 162 valence electrons. The van der Waals surface area contributed by atoms with Crippen molar-refractivity contribution >= 4 is 35.6 Å². The Balaban J connectivity index is 0.00000300. The summed E-state index contributed by atoms with van der Waals surface area (Å²) in [6.07, 6.45) is 6.44. The van der Waals surface area contributed by atoms with Gasteiger partial charge in [-0.1, -0.05) is 19.3 Å². The molecule has 0 radical (unpaired) electrons. The zero-order valence-corrected chi connectivity index (χ0v) is 17.8. The first-order chi connectivity index (χ1) is 13.6. The van der Waals surface area contributed by atoms with Crippen molar-refractivity contribution in [1.29, 1.82) is 0 Å². The minimum absolute atomic E-state index is 0. The van der Waals surface area contributed by atoms with E-state index in [0.29, 0.717) is 43.2 Å². The van der Waals surface area contributed by atoms with E-state index in [1.54, 1.807) is 25.3 Å². The van der Waals surface area contributed by atoms with Crippen molar-refractivity contribution in [3.05, 3.63) is 18.2 Å². The van der Waals surface area contributed by atoms with E-state index in [1.807, 2.05) is 0 Å². The minimum atomic E-state index is -0.607. The quantitative estimate of drug-likeness (QED) is 0.648. The monoisotopic (exact) mass is 425 g/mol. The van der Waals surface area contributed by atoms with E-state index in [-0.39, 0.29) is 36.7 Å². The Morgan fingerprint density at radius 1 is 1.17 bits per heavy atom. The van der Waals surface area contributed by atoms with Crippen molar-refractivity contribution in [1.82, 2.24) is 0 Å². The SMILES string of the molecule is COc1ccc(NC(=O)C2(CN)CCOCC2)cc1NC(=O)C1CCCCC1.Cl. The van der Waals surface area contributed by atoms with Crippen LogP contribution < -0.4 is 21.1 Å². The Bertz CT molecular complexity index is 701. The van der Waals surface area contributed by atoms with Crippen LogP contribution in [-0.2, 0) is 14.3 Å². The molecule has 0 spiro atoms. The summed E-state index contributed by atoms with van der Waals surface area (Å²) in [6, 6.07) is 5.28. The Kier molecular flexibility index (Phi) is 8.74. The number of benzene rings is 1. The molecule has 7 nitrogen and oxygen atoms in total. The molecule has 2 aliphatic rings. The van der Waals surface area contributed by atoms with Gasteiger partial charge >= 0.3 is 0 Å². The Morgan fingerprint density at radius 3 is 2.48 bits per heavy atom. The number of amides is 2. The van der Waals surface area contributed by atoms with Crippen LogP contribution in [0.2, 0.25) is 0 Å². The van der Waals surface area contributed by atoms with E-state index in [0.717, 1.165) is 25.7 Å². The number of carbonyl (C=O) groups is 2. The number of methoxy groups -OCH3 is 1. The minimum Gasteiger partial charge on any atom is -0.495 e. The molecule has 0 unspecified atom stereocenters. The number of ether oxygens (including phenoxy) is 2. The number of rotatable bonds is 6. The molecule has 1 aromatic carbocycles. The molecular weight excluding hydrogens is 394 g/mol. The van der Waals surface area contributed by atoms with Gasteiger partial charge in [0.15, 0.2) is 0 Å². The third kappa shape index (κ3) is 5.62. The van der Waals surface area contributed by atoms with Gasteiger partial charge in [-0.05, 0) is 43.9 Å². The predicted octanol–water partition coefficient (Wildman–Crippen LogP) is 3.33. The van der Waals surface area contributed by atoms with Crippen LogP contribution in [0.25, 0.3) is 0 Å². The maximum atomic E-state index is 12.9. The summed E-state index contributed by atoms with van der Waals surface area (Å²) >= 11 is 0. The average molecular weight is 426 g/mol. The van der Waals surface area contributed by atoms with Gasteiger partial charge in [0.05, 0.1) is 18.2 Å². The molecule has 2 fully saturated rings. The van der Waals surface area contributed by atoms with Gasteiger partial charge in [-0.3, -0.25) is 9.59 Å². The maximum Gasteiger partial charge on any atom is 0.232 e. The van der Waals surface area contributed by atoms with Gasteiger partial charge < -0.3 is 25.8 Å². The molecule has 0 bridgehead atoms. The van der Waals surface area contributed by atoms with E-state index in [9.17, 15) is 9.59 Å². The van der Waals surface area contributed by atoms with Gasteiger partial charge in [-0.15, -0.1) is 12.4 Å². The molecule has 1 aliphatic heterocycles. The molecule has 0 aromatic heterocycles. The number of hydrogen-bond acceptors (Lipinski definition) is 5. The molecular formula is C21H32ClN3O4. The van der Waals surface area contributed by atoms with Gasteiger partial charge in [0, 0.05) is 31.4 Å². The molecule has 1 heterocycles. The van der Waals surface area contributed by atoms with Crippen LogP contribution in [0.15, 0.2) is 18.2 Å². The van der Waals surface area contributed by atoms with Crippen molar-refractivity contribution in [3.63, 3.8) is 0 Å². The highest BCUT2D eigenvalue weighted by molar-refractivity contribution is 5.98. The fourth-order valence-electron chi connectivity index (χ4n) is 4.03. The fraction of sp³-hybridized carbons (Fsp3) is 0.619. The average Bonchev–Trinajstić information content (AvgIpc) is 2.75. The first-order valence-corrected chi connectivity index (χ1v) is 10.2. The number of hydrogen-bond donors (Lipinski definition) is 3. The maximum absolute atomic E-state index is 12.9. The molecule has 0 atom stereocenters. The molecule has 1 aromatic rings. The molecule has 4 N–H and O–H groups in total.